The van der Waals surface area contributed by atoms with Crippen molar-refractivity contribution in [3.05, 3.63) is 0 Å². The van der Waals surface area contributed by atoms with Gasteiger partial charge in [0.2, 0.25) is 5.91 Å². The average molecular weight is 171 g/mol. The monoisotopic (exact) mass is 171 g/mol. The summed E-state index contributed by atoms with van der Waals surface area (Å²) in [5.41, 5.74) is 0. The molecule has 0 unspecified atom stereocenters. The highest BCUT2D eigenvalue weighted by molar-refractivity contribution is 5.78. The second-order valence-corrected chi connectivity index (χ2v) is 3.35. The van der Waals surface area contributed by atoms with Crippen LogP contribution in [0.1, 0.15) is 6.42 Å². The van der Waals surface area contributed by atoms with Crippen molar-refractivity contribution in [1.82, 2.24) is 15.5 Å². The van der Waals surface area contributed by atoms with Crippen LogP contribution in [0, 0.1) is 0 Å². The number of carbonyl (C=O) groups excluding carboxylic acids is 1. The highest BCUT2D eigenvalue weighted by Crippen LogP contribution is 2.05. The zero-order valence-corrected chi connectivity index (χ0v) is 7.76. The minimum atomic E-state index is 0.0952. The third-order valence-electron chi connectivity index (χ3n) is 2.09. The standard InChI is InChI=1S/C8H17N3O/c1-9-5-8(12)10-7-3-4-11(2)6-7/h7,9H,3-6H2,1-2H3,(H,10,12)/t7-/m0/s1. The summed E-state index contributed by atoms with van der Waals surface area (Å²) in [5, 5.41) is 5.79. The fraction of sp³-hybridized carbons (Fsp3) is 0.875. The maximum absolute atomic E-state index is 11.1. The third kappa shape index (κ3) is 2.79. The number of carbonyl (C=O) groups is 1. The molecule has 0 spiro atoms. The molecule has 2 N–H and O–H groups in total. The number of likely N-dealkylation sites (N-methyl/N-ethyl adjacent to an activating group) is 2. The lowest BCUT2D eigenvalue weighted by molar-refractivity contribution is -0.120. The molecule has 0 saturated carbocycles. The van der Waals surface area contributed by atoms with E-state index < -0.39 is 0 Å². The van der Waals surface area contributed by atoms with Crippen LogP contribution in [0.2, 0.25) is 0 Å². The highest BCUT2D eigenvalue weighted by atomic mass is 16.2. The smallest absolute Gasteiger partial charge is 0.234 e. The molecule has 70 valence electrons. The Balaban J connectivity index is 2.18. The molecule has 0 aromatic heterocycles. The first-order valence-corrected chi connectivity index (χ1v) is 4.35. The largest absolute Gasteiger partial charge is 0.351 e. The molecule has 1 amide bonds. The lowest BCUT2D eigenvalue weighted by Gasteiger charge is -2.12. The molecule has 12 heavy (non-hydrogen) atoms. The Morgan fingerprint density at radius 3 is 2.92 bits per heavy atom. The van der Waals surface area contributed by atoms with E-state index in [-0.39, 0.29) is 5.91 Å². The van der Waals surface area contributed by atoms with Crippen molar-refractivity contribution in [2.75, 3.05) is 33.7 Å². The molecule has 0 bridgehead atoms. The van der Waals surface area contributed by atoms with Gasteiger partial charge in [0.1, 0.15) is 0 Å². The van der Waals surface area contributed by atoms with Gasteiger partial charge in [-0.2, -0.15) is 0 Å². The van der Waals surface area contributed by atoms with Crippen molar-refractivity contribution in [1.29, 1.82) is 0 Å². The van der Waals surface area contributed by atoms with E-state index in [4.69, 9.17) is 0 Å². The number of hydrogen-bond donors (Lipinski definition) is 2. The van der Waals surface area contributed by atoms with Crippen molar-refractivity contribution >= 4 is 5.91 Å². The van der Waals surface area contributed by atoms with Crippen LogP contribution in [0.4, 0.5) is 0 Å². The average Bonchev–Trinajstić information content (AvgIpc) is 2.36. The number of nitrogens with zero attached hydrogens (tertiary/aromatic N) is 1. The Kier molecular flexibility index (Phi) is 3.49. The van der Waals surface area contributed by atoms with Crippen molar-refractivity contribution in [2.45, 2.75) is 12.5 Å². The fourth-order valence-corrected chi connectivity index (χ4v) is 1.49. The predicted octanol–water partition coefficient (Wildman–Crippen LogP) is -0.974. The van der Waals surface area contributed by atoms with Crippen LogP contribution in [0.15, 0.2) is 0 Å². The van der Waals surface area contributed by atoms with Gasteiger partial charge in [0.05, 0.1) is 6.54 Å². The van der Waals surface area contributed by atoms with Crippen molar-refractivity contribution in [2.24, 2.45) is 0 Å². The number of likely N-dealkylation sites (tertiary alicyclic amines) is 1. The van der Waals surface area contributed by atoms with Crippen molar-refractivity contribution < 1.29 is 4.79 Å². The first kappa shape index (κ1) is 9.48. The van der Waals surface area contributed by atoms with E-state index in [2.05, 4.69) is 22.6 Å². The van der Waals surface area contributed by atoms with Crippen LogP contribution >= 0.6 is 0 Å². The zero-order chi connectivity index (χ0) is 8.97. The van der Waals surface area contributed by atoms with Gasteiger partial charge in [-0.3, -0.25) is 4.79 Å². The minimum absolute atomic E-state index is 0.0952. The molecule has 1 atom stereocenters. The van der Waals surface area contributed by atoms with E-state index >= 15 is 0 Å². The molecule has 1 aliphatic heterocycles. The van der Waals surface area contributed by atoms with Gasteiger partial charge in [0, 0.05) is 12.6 Å². The van der Waals surface area contributed by atoms with Gasteiger partial charge < -0.3 is 15.5 Å². The van der Waals surface area contributed by atoms with Gasteiger partial charge >= 0.3 is 0 Å². The van der Waals surface area contributed by atoms with Crippen LogP contribution in [0.5, 0.6) is 0 Å². The summed E-state index contributed by atoms with van der Waals surface area (Å²) < 4.78 is 0. The summed E-state index contributed by atoms with van der Waals surface area (Å²) in [6, 6.07) is 0.357. The summed E-state index contributed by atoms with van der Waals surface area (Å²) in [6.45, 7) is 2.49. The number of rotatable bonds is 3. The van der Waals surface area contributed by atoms with Gasteiger partial charge in [-0.15, -0.1) is 0 Å². The normalized spacial score (nSPS) is 24.3. The summed E-state index contributed by atoms with van der Waals surface area (Å²) in [4.78, 5) is 13.3. The Morgan fingerprint density at radius 1 is 1.67 bits per heavy atom. The summed E-state index contributed by atoms with van der Waals surface area (Å²) in [6.07, 6.45) is 1.08. The highest BCUT2D eigenvalue weighted by Gasteiger charge is 2.20. The van der Waals surface area contributed by atoms with Gasteiger partial charge in [-0.25, -0.2) is 0 Å². The molecule has 1 aliphatic rings. The first-order valence-electron chi connectivity index (χ1n) is 4.35. The molecule has 4 heteroatoms. The van der Waals surface area contributed by atoms with E-state index in [0.29, 0.717) is 12.6 Å². The molecule has 0 aliphatic carbocycles. The molecule has 1 rings (SSSR count). The minimum Gasteiger partial charge on any atom is -0.351 e. The quantitative estimate of drug-likeness (QED) is 0.574. The Morgan fingerprint density at radius 2 is 2.42 bits per heavy atom. The second-order valence-electron chi connectivity index (χ2n) is 3.35. The molecule has 0 radical (unpaired) electrons. The van der Waals surface area contributed by atoms with E-state index in [1.54, 1.807) is 7.05 Å². The summed E-state index contributed by atoms with van der Waals surface area (Å²) >= 11 is 0. The van der Waals surface area contributed by atoms with Crippen LogP contribution in [-0.2, 0) is 4.79 Å². The zero-order valence-electron chi connectivity index (χ0n) is 7.76. The van der Waals surface area contributed by atoms with E-state index in [1.807, 2.05) is 0 Å². The van der Waals surface area contributed by atoms with E-state index in [9.17, 15) is 4.79 Å². The lowest BCUT2D eigenvalue weighted by Crippen LogP contribution is -2.40. The Labute approximate surface area is 73.3 Å². The first-order chi connectivity index (χ1) is 5.72. The van der Waals surface area contributed by atoms with Crippen molar-refractivity contribution in [3.63, 3.8) is 0 Å². The van der Waals surface area contributed by atoms with Gasteiger partial charge in [0.15, 0.2) is 0 Å². The van der Waals surface area contributed by atoms with Crippen LogP contribution < -0.4 is 10.6 Å². The fourth-order valence-electron chi connectivity index (χ4n) is 1.49. The molecule has 1 saturated heterocycles. The van der Waals surface area contributed by atoms with Gasteiger partial charge in [-0.05, 0) is 27.1 Å². The predicted molar refractivity (Wildman–Crippen MR) is 48.0 cm³/mol. The SMILES string of the molecule is CNCC(=O)N[C@H]1CCN(C)C1. The molecular weight excluding hydrogens is 154 g/mol. The molecule has 0 aromatic rings. The molecule has 1 heterocycles. The number of nitrogens with one attached hydrogen (secondary N) is 2. The number of hydrogen-bond acceptors (Lipinski definition) is 3. The molecule has 4 nitrogen and oxygen atoms in total. The summed E-state index contributed by atoms with van der Waals surface area (Å²) in [7, 11) is 3.85. The molecule has 0 aromatic carbocycles. The molecule has 1 fully saturated rings. The number of amides is 1. The van der Waals surface area contributed by atoms with Crippen LogP contribution in [0.3, 0.4) is 0 Å². The topological polar surface area (TPSA) is 44.4 Å². The Hall–Kier alpha value is -0.610. The second kappa shape index (κ2) is 4.42. The summed E-state index contributed by atoms with van der Waals surface area (Å²) in [5.74, 6) is 0.0952. The van der Waals surface area contributed by atoms with Gasteiger partial charge in [0.25, 0.3) is 0 Å². The van der Waals surface area contributed by atoms with Crippen molar-refractivity contribution in [3.8, 4) is 0 Å². The van der Waals surface area contributed by atoms with Crippen LogP contribution in [-0.4, -0.2) is 50.6 Å². The third-order valence-corrected chi connectivity index (χ3v) is 2.09. The van der Waals surface area contributed by atoms with Crippen LogP contribution in [0.25, 0.3) is 0 Å². The van der Waals surface area contributed by atoms with Gasteiger partial charge in [-0.1, -0.05) is 0 Å². The maximum Gasteiger partial charge on any atom is 0.234 e. The lowest BCUT2D eigenvalue weighted by atomic mass is 10.2. The molecular formula is C8H17N3O. The van der Waals surface area contributed by atoms with E-state index in [1.165, 1.54) is 0 Å². The Bertz CT molecular complexity index is 160. The van der Waals surface area contributed by atoms with E-state index in [0.717, 1.165) is 19.5 Å². The maximum atomic E-state index is 11.1.